The molecule has 19 heavy (non-hydrogen) atoms. The molecule has 5 nitrogen and oxygen atoms in total. The van der Waals surface area contributed by atoms with Crippen molar-refractivity contribution in [3.05, 3.63) is 45.7 Å². The van der Waals surface area contributed by atoms with E-state index in [1.165, 1.54) is 18.2 Å². The standard InChI is InChI=1S/C14H15NO4/c1-2-5-19-8-10-7-13(16)11-6-9(14(17)18)3-4-12(11)15-10/h3-4,6-7H,2,5,8H2,1H3,(H,15,16)(H,17,18). The number of hydrogen-bond acceptors (Lipinski definition) is 3. The largest absolute Gasteiger partial charge is 0.478 e. The molecule has 5 heteroatoms. The molecule has 0 fully saturated rings. The highest BCUT2D eigenvalue weighted by atomic mass is 16.5. The van der Waals surface area contributed by atoms with Crippen molar-refractivity contribution in [3.8, 4) is 0 Å². The maximum Gasteiger partial charge on any atom is 0.335 e. The average molecular weight is 261 g/mol. The summed E-state index contributed by atoms with van der Waals surface area (Å²) in [4.78, 5) is 25.9. The molecule has 1 heterocycles. The molecular weight excluding hydrogens is 246 g/mol. The topological polar surface area (TPSA) is 79.4 Å². The fourth-order valence-electron chi connectivity index (χ4n) is 1.84. The number of pyridine rings is 1. The van der Waals surface area contributed by atoms with Crippen LogP contribution in [0.1, 0.15) is 29.4 Å². The summed E-state index contributed by atoms with van der Waals surface area (Å²) in [5, 5.41) is 9.28. The third-order valence-corrected chi connectivity index (χ3v) is 2.74. The lowest BCUT2D eigenvalue weighted by Crippen LogP contribution is -2.08. The number of benzene rings is 1. The van der Waals surface area contributed by atoms with Gasteiger partial charge in [-0.2, -0.15) is 0 Å². The van der Waals surface area contributed by atoms with Crippen LogP contribution in [0.3, 0.4) is 0 Å². The molecule has 0 unspecified atom stereocenters. The van der Waals surface area contributed by atoms with Gasteiger partial charge in [-0.25, -0.2) is 4.79 Å². The Hall–Kier alpha value is -2.14. The summed E-state index contributed by atoms with van der Waals surface area (Å²) in [6.45, 7) is 2.99. The summed E-state index contributed by atoms with van der Waals surface area (Å²) in [5.41, 5.74) is 1.21. The van der Waals surface area contributed by atoms with Gasteiger partial charge < -0.3 is 14.8 Å². The van der Waals surface area contributed by atoms with Gasteiger partial charge in [0.15, 0.2) is 5.43 Å². The number of ether oxygens (including phenoxy) is 1. The highest BCUT2D eigenvalue weighted by Crippen LogP contribution is 2.12. The fraction of sp³-hybridized carbons (Fsp3) is 0.286. The molecule has 2 rings (SSSR count). The number of rotatable bonds is 5. The highest BCUT2D eigenvalue weighted by molar-refractivity contribution is 5.93. The maximum absolute atomic E-state index is 11.9. The molecule has 0 saturated carbocycles. The Balaban J connectivity index is 2.39. The molecule has 0 saturated heterocycles. The predicted molar refractivity (Wildman–Crippen MR) is 71.5 cm³/mol. The molecule has 2 aromatic rings. The van der Waals surface area contributed by atoms with Gasteiger partial charge in [0.2, 0.25) is 0 Å². The molecule has 0 atom stereocenters. The number of H-pyrrole nitrogens is 1. The van der Waals surface area contributed by atoms with Crippen molar-refractivity contribution in [2.24, 2.45) is 0 Å². The Morgan fingerprint density at radius 2 is 2.16 bits per heavy atom. The van der Waals surface area contributed by atoms with Crippen LogP contribution in [-0.2, 0) is 11.3 Å². The molecule has 0 spiro atoms. The smallest absolute Gasteiger partial charge is 0.335 e. The fourth-order valence-corrected chi connectivity index (χ4v) is 1.84. The van der Waals surface area contributed by atoms with Crippen LogP contribution in [0.25, 0.3) is 10.9 Å². The van der Waals surface area contributed by atoms with E-state index in [1.54, 1.807) is 6.07 Å². The lowest BCUT2D eigenvalue weighted by atomic mass is 10.1. The number of aromatic carboxylic acids is 1. The summed E-state index contributed by atoms with van der Waals surface area (Å²) < 4.78 is 5.37. The van der Waals surface area contributed by atoms with Gasteiger partial charge in [0, 0.05) is 29.3 Å². The Labute approximate surface area is 109 Å². The van der Waals surface area contributed by atoms with Crippen molar-refractivity contribution in [1.29, 1.82) is 0 Å². The molecule has 0 aliphatic carbocycles. The minimum Gasteiger partial charge on any atom is -0.478 e. The number of hydrogen-bond donors (Lipinski definition) is 2. The maximum atomic E-state index is 11.9. The van der Waals surface area contributed by atoms with E-state index in [9.17, 15) is 9.59 Å². The van der Waals surface area contributed by atoms with Gasteiger partial charge in [-0.05, 0) is 24.6 Å². The van der Waals surface area contributed by atoms with Gasteiger partial charge >= 0.3 is 5.97 Å². The Bertz CT molecular complexity index is 660. The molecular formula is C14H15NO4. The number of carbonyl (C=O) groups is 1. The van der Waals surface area contributed by atoms with Gasteiger partial charge in [-0.1, -0.05) is 6.92 Å². The number of aromatic nitrogens is 1. The predicted octanol–water partition coefficient (Wildman–Crippen LogP) is 2.15. The zero-order valence-corrected chi connectivity index (χ0v) is 10.6. The summed E-state index contributed by atoms with van der Waals surface area (Å²) in [7, 11) is 0. The van der Waals surface area contributed by atoms with Crippen LogP contribution in [0.4, 0.5) is 0 Å². The summed E-state index contributed by atoms with van der Waals surface area (Å²) in [6, 6.07) is 5.90. The van der Waals surface area contributed by atoms with E-state index >= 15 is 0 Å². The second-order valence-corrected chi connectivity index (χ2v) is 4.28. The van der Waals surface area contributed by atoms with Crippen LogP contribution in [0.5, 0.6) is 0 Å². The van der Waals surface area contributed by atoms with E-state index in [-0.39, 0.29) is 11.0 Å². The molecule has 0 amide bonds. The lowest BCUT2D eigenvalue weighted by molar-refractivity contribution is 0.0697. The van der Waals surface area contributed by atoms with E-state index in [4.69, 9.17) is 9.84 Å². The summed E-state index contributed by atoms with van der Waals surface area (Å²) in [6.07, 6.45) is 0.916. The van der Waals surface area contributed by atoms with Crippen LogP contribution < -0.4 is 5.43 Å². The van der Waals surface area contributed by atoms with Crippen molar-refractivity contribution < 1.29 is 14.6 Å². The van der Waals surface area contributed by atoms with Crippen LogP contribution in [-0.4, -0.2) is 22.7 Å². The third-order valence-electron chi connectivity index (χ3n) is 2.74. The SMILES string of the molecule is CCCOCc1cc(=O)c2cc(C(=O)O)ccc2[nH]1. The minimum atomic E-state index is -1.04. The minimum absolute atomic E-state index is 0.105. The Morgan fingerprint density at radius 1 is 1.37 bits per heavy atom. The van der Waals surface area contributed by atoms with Crippen molar-refractivity contribution >= 4 is 16.9 Å². The van der Waals surface area contributed by atoms with Gasteiger partial charge in [-0.3, -0.25) is 4.79 Å². The van der Waals surface area contributed by atoms with E-state index in [2.05, 4.69) is 4.98 Å². The molecule has 1 aromatic heterocycles. The first-order valence-electron chi connectivity index (χ1n) is 6.09. The highest BCUT2D eigenvalue weighted by Gasteiger charge is 2.07. The van der Waals surface area contributed by atoms with Crippen LogP contribution >= 0.6 is 0 Å². The molecule has 0 bridgehead atoms. The second-order valence-electron chi connectivity index (χ2n) is 4.28. The lowest BCUT2D eigenvalue weighted by Gasteiger charge is -2.05. The quantitative estimate of drug-likeness (QED) is 0.808. The normalized spacial score (nSPS) is 10.8. The Morgan fingerprint density at radius 3 is 2.84 bits per heavy atom. The Kier molecular flexibility index (Phi) is 3.97. The first-order valence-corrected chi connectivity index (χ1v) is 6.09. The number of aromatic amines is 1. The zero-order valence-electron chi connectivity index (χ0n) is 10.6. The average Bonchev–Trinajstić information content (AvgIpc) is 2.38. The number of carboxylic acids is 1. The number of nitrogens with one attached hydrogen (secondary N) is 1. The molecule has 1 aromatic carbocycles. The van der Waals surface area contributed by atoms with Gasteiger partial charge in [0.25, 0.3) is 0 Å². The first-order chi connectivity index (χ1) is 9.11. The van der Waals surface area contributed by atoms with Crippen molar-refractivity contribution in [2.45, 2.75) is 20.0 Å². The monoisotopic (exact) mass is 261 g/mol. The van der Waals surface area contributed by atoms with Crippen LogP contribution in [0.15, 0.2) is 29.1 Å². The van der Waals surface area contributed by atoms with Gasteiger partial charge in [0.05, 0.1) is 12.2 Å². The second kappa shape index (κ2) is 5.67. The van der Waals surface area contributed by atoms with E-state index in [1.807, 2.05) is 6.92 Å². The van der Waals surface area contributed by atoms with E-state index in [0.717, 1.165) is 6.42 Å². The molecule has 0 radical (unpaired) electrons. The van der Waals surface area contributed by atoms with Gasteiger partial charge in [-0.15, -0.1) is 0 Å². The van der Waals surface area contributed by atoms with E-state index in [0.29, 0.717) is 29.8 Å². The molecule has 0 aliphatic rings. The van der Waals surface area contributed by atoms with Crippen molar-refractivity contribution in [1.82, 2.24) is 4.98 Å². The first kappa shape index (κ1) is 13.3. The van der Waals surface area contributed by atoms with Crippen LogP contribution in [0.2, 0.25) is 0 Å². The third kappa shape index (κ3) is 3.00. The summed E-state index contributed by atoms with van der Waals surface area (Å²) in [5.74, 6) is -1.04. The van der Waals surface area contributed by atoms with Crippen LogP contribution in [0, 0.1) is 0 Å². The molecule has 100 valence electrons. The zero-order chi connectivity index (χ0) is 13.8. The van der Waals surface area contributed by atoms with Gasteiger partial charge in [0.1, 0.15) is 0 Å². The van der Waals surface area contributed by atoms with Crippen molar-refractivity contribution in [3.63, 3.8) is 0 Å². The summed E-state index contributed by atoms with van der Waals surface area (Å²) >= 11 is 0. The van der Waals surface area contributed by atoms with Crippen molar-refractivity contribution in [2.75, 3.05) is 6.61 Å². The molecule has 2 N–H and O–H groups in total. The number of carboxylic acid groups (broad SMARTS) is 1. The van der Waals surface area contributed by atoms with E-state index < -0.39 is 5.97 Å². The molecule has 0 aliphatic heterocycles. The number of fused-ring (bicyclic) bond motifs is 1.